The van der Waals surface area contributed by atoms with Gasteiger partial charge in [0, 0.05) is 18.0 Å². The van der Waals surface area contributed by atoms with Gasteiger partial charge in [0.2, 0.25) is 0 Å². The number of hydrogen-bond acceptors (Lipinski definition) is 6. The summed E-state index contributed by atoms with van der Waals surface area (Å²) in [6.07, 6.45) is 2.19. The van der Waals surface area contributed by atoms with Gasteiger partial charge in [0.15, 0.2) is 5.69 Å². The topological polar surface area (TPSA) is 119 Å². The van der Waals surface area contributed by atoms with E-state index in [9.17, 15) is 14.7 Å². The van der Waals surface area contributed by atoms with Crippen molar-refractivity contribution in [2.24, 2.45) is 0 Å². The standard InChI is InChI=1S/C12H11N5O4/c18-11(19)9-10(7-1-3-13-4-2-7)17(16-15-9)6-8-5-14-12(20)21-8/h1-4,8H,5-6H2,(H,14,20)(H,18,19). The van der Waals surface area contributed by atoms with Crippen molar-refractivity contribution in [1.29, 1.82) is 0 Å². The maximum absolute atomic E-state index is 11.3. The highest BCUT2D eigenvalue weighted by atomic mass is 16.6. The molecule has 1 fully saturated rings. The number of rotatable bonds is 4. The molecule has 2 N–H and O–H groups in total. The van der Waals surface area contributed by atoms with Crippen LogP contribution in [0.1, 0.15) is 10.5 Å². The number of cyclic esters (lactones) is 1. The van der Waals surface area contributed by atoms with Gasteiger partial charge in [0.1, 0.15) is 11.8 Å². The molecule has 1 amide bonds. The number of carboxylic acids is 1. The lowest BCUT2D eigenvalue weighted by molar-refractivity contribution is 0.0691. The van der Waals surface area contributed by atoms with E-state index in [2.05, 4.69) is 20.6 Å². The molecule has 1 aliphatic heterocycles. The normalized spacial score (nSPS) is 17.3. The first-order valence-electron chi connectivity index (χ1n) is 6.17. The number of pyridine rings is 1. The predicted octanol–water partition coefficient (Wildman–Crippen LogP) is 0.147. The molecule has 1 unspecified atom stereocenters. The smallest absolute Gasteiger partial charge is 0.407 e. The van der Waals surface area contributed by atoms with Gasteiger partial charge in [-0.15, -0.1) is 5.10 Å². The van der Waals surface area contributed by atoms with Gasteiger partial charge >= 0.3 is 12.1 Å². The maximum Gasteiger partial charge on any atom is 0.407 e. The Morgan fingerprint density at radius 1 is 1.48 bits per heavy atom. The van der Waals surface area contributed by atoms with E-state index < -0.39 is 18.2 Å². The van der Waals surface area contributed by atoms with Crippen molar-refractivity contribution in [2.75, 3.05) is 6.54 Å². The number of aromatic nitrogens is 4. The predicted molar refractivity (Wildman–Crippen MR) is 68.5 cm³/mol. The van der Waals surface area contributed by atoms with Gasteiger partial charge < -0.3 is 15.2 Å². The molecule has 0 aromatic carbocycles. The summed E-state index contributed by atoms with van der Waals surface area (Å²) in [7, 11) is 0. The second kappa shape index (κ2) is 5.19. The van der Waals surface area contributed by atoms with Crippen molar-refractivity contribution in [1.82, 2.24) is 25.3 Å². The van der Waals surface area contributed by atoms with E-state index in [4.69, 9.17) is 4.74 Å². The Morgan fingerprint density at radius 3 is 2.86 bits per heavy atom. The number of carbonyl (C=O) groups is 2. The van der Waals surface area contributed by atoms with Crippen LogP contribution in [0.25, 0.3) is 11.3 Å². The van der Waals surface area contributed by atoms with Crippen LogP contribution in [0.3, 0.4) is 0 Å². The summed E-state index contributed by atoms with van der Waals surface area (Å²) in [5, 5.41) is 19.3. The zero-order valence-electron chi connectivity index (χ0n) is 10.8. The highest BCUT2D eigenvalue weighted by molar-refractivity contribution is 5.92. The Balaban J connectivity index is 1.97. The molecule has 3 heterocycles. The van der Waals surface area contributed by atoms with E-state index in [1.807, 2.05) is 0 Å². The minimum absolute atomic E-state index is 0.154. The van der Waals surface area contributed by atoms with Crippen molar-refractivity contribution in [3.05, 3.63) is 30.2 Å². The molecule has 21 heavy (non-hydrogen) atoms. The zero-order valence-corrected chi connectivity index (χ0v) is 10.8. The third-order valence-electron chi connectivity index (χ3n) is 3.02. The van der Waals surface area contributed by atoms with Gasteiger partial charge in [-0.1, -0.05) is 5.21 Å². The minimum Gasteiger partial charge on any atom is -0.476 e. The fourth-order valence-corrected chi connectivity index (χ4v) is 2.11. The Bertz CT molecular complexity index is 684. The summed E-state index contributed by atoms with van der Waals surface area (Å²) >= 11 is 0. The van der Waals surface area contributed by atoms with Crippen LogP contribution in [0.15, 0.2) is 24.5 Å². The average molecular weight is 289 g/mol. The lowest BCUT2D eigenvalue weighted by atomic mass is 10.1. The molecule has 0 spiro atoms. The Labute approximate surface area is 118 Å². The van der Waals surface area contributed by atoms with E-state index in [1.54, 1.807) is 24.5 Å². The van der Waals surface area contributed by atoms with E-state index >= 15 is 0 Å². The van der Waals surface area contributed by atoms with Crippen LogP contribution >= 0.6 is 0 Å². The first-order valence-corrected chi connectivity index (χ1v) is 6.17. The van der Waals surface area contributed by atoms with Crippen molar-refractivity contribution in [2.45, 2.75) is 12.6 Å². The molecule has 1 aliphatic rings. The number of nitrogens with zero attached hydrogens (tertiary/aromatic N) is 4. The molecule has 0 radical (unpaired) electrons. The minimum atomic E-state index is -1.17. The van der Waals surface area contributed by atoms with Crippen molar-refractivity contribution < 1.29 is 19.4 Å². The highest BCUT2D eigenvalue weighted by Gasteiger charge is 2.27. The Hall–Kier alpha value is -2.97. The molecular formula is C12H11N5O4. The van der Waals surface area contributed by atoms with E-state index in [0.717, 1.165) is 0 Å². The fourth-order valence-electron chi connectivity index (χ4n) is 2.11. The Morgan fingerprint density at radius 2 is 2.24 bits per heavy atom. The largest absolute Gasteiger partial charge is 0.476 e. The third-order valence-corrected chi connectivity index (χ3v) is 3.02. The molecule has 9 heteroatoms. The van der Waals surface area contributed by atoms with Crippen LogP contribution < -0.4 is 5.32 Å². The van der Waals surface area contributed by atoms with Gasteiger partial charge in [-0.2, -0.15) is 0 Å². The number of ether oxygens (including phenoxy) is 1. The zero-order chi connectivity index (χ0) is 14.8. The average Bonchev–Trinajstić information content (AvgIpc) is 3.07. The van der Waals surface area contributed by atoms with Crippen LogP contribution in [0, 0.1) is 0 Å². The second-order valence-corrected chi connectivity index (χ2v) is 4.42. The van der Waals surface area contributed by atoms with Gasteiger partial charge in [0.25, 0.3) is 0 Å². The highest BCUT2D eigenvalue weighted by Crippen LogP contribution is 2.22. The Kier molecular flexibility index (Phi) is 3.22. The van der Waals surface area contributed by atoms with E-state index in [0.29, 0.717) is 17.8 Å². The molecule has 1 saturated heterocycles. The van der Waals surface area contributed by atoms with Gasteiger partial charge in [-0.3, -0.25) is 4.98 Å². The van der Waals surface area contributed by atoms with E-state index in [-0.39, 0.29) is 12.2 Å². The van der Waals surface area contributed by atoms with Gasteiger partial charge in [-0.25, -0.2) is 14.3 Å². The summed E-state index contributed by atoms with van der Waals surface area (Å²) < 4.78 is 6.45. The quantitative estimate of drug-likeness (QED) is 0.821. The molecule has 1 atom stereocenters. The van der Waals surface area contributed by atoms with Gasteiger partial charge in [0.05, 0.1) is 13.1 Å². The van der Waals surface area contributed by atoms with Crippen LogP contribution in [0.4, 0.5) is 4.79 Å². The summed E-state index contributed by atoms with van der Waals surface area (Å²) in [5.74, 6) is -1.17. The first-order chi connectivity index (χ1) is 10.1. The van der Waals surface area contributed by atoms with Crippen LogP contribution in [0.5, 0.6) is 0 Å². The number of carbonyl (C=O) groups excluding carboxylic acids is 1. The molecule has 2 aromatic heterocycles. The SMILES string of the molecule is O=C1NCC(Cn2nnc(C(=O)O)c2-c2ccncc2)O1. The molecule has 0 bridgehead atoms. The molecule has 0 saturated carbocycles. The lowest BCUT2D eigenvalue weighted by Crippen LogP contribution is -2.22. The second-order valence-electron chi connectivity index (χ2n) is 4.42. The summed E-state index contributed by atoms with van der Waals surface area (Å²) in [6.45, 7) is 0.563. The maximum atomic E-state index is 11.3. The van der Waals surface area contributed by atoms with Crippen molar-refractivity contribution >= 4 is 12.1 Å². The van der Waals surface area contributed by atoms with E-state index in [1.165, 1.54) is 4.68 Å². The molecule has 9 nitrogen and oxygen atoms in total. The number of nitrogens with one attached hydrogen (secondary N) is 1. The molecule has 108 valence electrons. The van der Waals surface area contributed by atoms with Crippen LogP contribution in [-0.2, 0) is 11.3 Å². The summed E-state index contributed by atoms with van der Waals surface area (Å²) in [5.41, 5.74) is 0.830. The fraction of sp³-hybridized carbons (Fsp3) is 0.250. The number of aromatic carboxylic acids is 1. The molecule has 3 rings (SSSR count). The van der Waals surface area contributed by atoms with Gasteiger partial charge in [-0.05, 0) is 12.1 Å². The van der Waals surface area contributed by atoms with Crippen LogP contribution in [-0.4, -0.2) is 49.8 Å². The lowest BCUT2D eigenvalue weighted by Gasteiger charge is -2.10. The first kappa shape index (κ1) is 13.0. The third kappa shape index (κ3) is 2.53. The molecule has 2 aromatic rings. The summed E-state index contributed by atoms with van der Waals surface area (Å²) in [4.78, 5) is 26.2. The number of amides is 1. The molecular weight excluding hydrogens is 278 g/mol. The monoisotopic (exact) mass is 289 g/mol. The number of carboxylic acid groups (broad SMARTS) is 1. The number of alkyl carbamates (subject to hydrolysis) is 1. The summed E-state index contributed by atoms with van der Waals surface area (Å²) in [6, 6.07) is 3.33. The van der Waals surface area contributed by atoms with Crippen molar-refractivity contribution in [3.63, 3.8) is 0 Å². The van der Waals surface area contributed by atoms with Crippen molar-refractivity contribution in [3.8, 4) is 11.3 Å². The molecule has 0 aliphatic carbocycles. The van der Waals surface area contributed by atoms with Crippen LogP contribution in [0.2, 0.25) is 0 Å². The number of hydrogen-bond donors (Lipinski definition) is 2.